The smallest absolute Gasteiger partial charge is 0.338 e. The van der Waals surface area contributed by atoms with E-state index in [0.717, 1.165) is 5.17 Å². The average Bonchev–Trinajstić information content (AvgIpc) is 2.36. The number of carbonyl (C=O) groups is 1. The molecule has 5 heteroatoms. The van der Waals surface area contributed by atoms with Crippen molar-refractivity contribution in [3.8, 4) is 0 Å². The highest BCUT2D eigenvalue weighted by Crippen LogP contribution is 2.07. The third-order valence-corrected chi connectivity index (χ3v) is 1.19. The standard InChI is InChI=1S/C6H10N2O3/c1-2-10-6(9)5-3-8(7)11-4-5/h4H,2-3,7H2,1H3. The number of hydrazine groups is 1. The molecule has 1 aliphatic heterocycles. The van der Waals surface area contributed by atoms with Crippen LogP contribution in [0.15, 0.2) is 11.8 Å². The van der Waals surface area contributed by atoms with Gasteiger partial charge in [0.2, 0.25) is 0 Å². The number of carbonyl (C=O) groups excluding carboxylic acids is 1. The van der Waals surface area contributed by atoms with E-state index in [1.54, 1.807) is 6.92 Å². The Hall–Kier alpha value is -1.07. The molecule has 1 aliphatic rings. The number of ether oxygens (including phenoxy) is 1. The topological polar surface area (TPSA) is 64.8 Å². The molecule has 11 heavy (non-hydrogen) atoms. The Bertz CT molecular complexity index is 190. The molecular weight excluding hydrogens is 148 g/mol. The van der Waals surface area contributed by atoms with E-state index < -0.39 is 0 Å². The summed E-state index contributed by atoms with van der Waals surface area (Å²) in [5, 5.41) is 1.06. The summed E-state index contributed by atoms with van der Waals surface area (Å²) in [6, 6.07) is 0. The average molecular weight is 158 g/mol. The minimum absolute atomic E-state index is 0.277. The Balaban J connectivity index is 2.43. The van der Waals surface area contributed by atoms with Gasteiger partial charge in [-0.3, -0.25) is 0 Å². The number of hydrogen-bond donors (Lipinski definition) is 1. The van der Waals surface area contributed by atoms with Gasteiger partial charge in [0.15, 0.2) is 0 Å². The number of nitrogens with zero attached hydrogens (tertiary/aromatic N) is 1. The molecule has 1 heterocycles. The number of nitrogens with two attached hydrogens (primary N) is 1. The summed E-state index contributed by atoms with van der Waals surface area (Å²) in [6.45, 7) is 2.38. The Morgan fingerprint density at radius 3 is 3.18 bits per heavy atom. The fourth-order valence-electron chi connectivity index (χ4n) is 0.710. The van der Waals surface area contributed by atoms with E-state index in [1.807, 2.05) is 0 Å². The second kappa shape index (κ2) is 3.36. The van der Waals surface area contributed by atoms with E-state index in [9.17, 15) is 4.79 Å². The van der Waals surface area contributed by atoms with Crippen LogP contribution in [0.3, 0.4) is 0 Å². The summed E-state index contributed by atoms with van der Waals surface area (Å²) >= 11 is 0. The molecule has 5 nitrogen and oxygen atoms in total. The van der Waals surface area contributed by atoms with Gasteiger partial charge in [-0.2, -0.15) is 0 Å². The molecule has 0 atom stereocenters. The Labute approximate surface area is 64.3 Å². The maximum atomic E-state index is 10.9. The lowest BCUT2D eigenvalue weighted by atomic mass is 10.3. The van der Waals surface area contributed by atoms with Gasteiger partial charge in [0.1, 0.15) is 6.26 Å². The summed E-state index contributed by atoms with van der Waals surface area (Å²) < 4.78 is 4.70. The third-order valence-electron chi connectivity index (χ3n) is 1.19. The number of esters is 1. The summed E-state index contributed by atoms with van der Waals surface area (Å²) in [4.78, 5) is 15.6. The first-order chi connectivity index (χ1) is 5.24. The highest BCUT2D eigenvalue weighted by molar-refractivity contribution is 5.88. The predicted molar refractivity (Wildman–Crippen MR) is 36.7 cm³/mol. The van der Waals surface area contributed by atoms with E-state index in [-0.39, 0.29) is 12.5 Å². The van der Waals surface area contributed by atoms with Crippen LogP contribution in [0.4, 0.5) is 0 Å². The Morgan fingerprint density at radius 1 is 2.00 bits per heavy atom. The number of hydrogen-bond acceptors (Lipinski definition) is 5. The second-order valence-electron chi connectivity index (χ2n) is 2.04. The van der Waals surface area contributed by atoms with Gasteiger partial charge in [0.25, 0.3) is 0 Å². The molecule has 0 fully saturated rings. The van der Waals surface area contributed by atoms with Crippen molar-refractivity contribution < 1.29 is 14.4 Å². The molecule has 0 aromatic heterocycles. The van der Waals surface area contributed by atoms with Crippen LogP contribution in [0.25, 0.3) is 0 Å². The van der Waals surface area contributed by atoms with Crippen molar-refractivity contribution >= 4 is 5.97 Å². The Kier molecular flexibility index (Phi) is 2.45. The maximum absolute atomic E-state index is 10.9. The Morgan fingerprint density at radius 2 is 2.73 bits per heavy atom. The first kappa shape index (κ1) is 8.03. The molecule has 2 N–H and O–H groups in total. The first-order valence-electron chi connectivity index (χ1n) is 3.29. The largest absolute Gasteiger partial charge is 0.463 e. The molecule has 0 aliphatic carbocycles. The molecule has 0 saturated carbocycles. The quantitative estimate of drug-likeness (QED) is 0.435. The summed E-state index contributed by atoms with van der Waals surface area (Å²) in [5.74, 6) is 4.84. The normalized spacial score (nSPS) is 17.5. The van der Waals surface area contributed by atoms with E-state index in [0.29, 0.717) is 12.2 Å². The van der Waals surface area contributed by atoms with Crippen molar-refractivity contribution in [2.45, 2.75) is 6.92 Å². The van der Waals surface area contributed by atoms with Crippen LogP contribution in [0.1, 0.15) is 6.92 Å². The summed E-state index contributed by atoms with van der Waals surface area (Å²) in [6.07, 6.45) is 1.29. The van der Waals surface area contributed by atoms with Crippen molar-refractivity contribution in [3.05, 3.63) is 11.8 Å². The van der Waals surface area contributed by atoms with Crippen LogP contribution in [-0.2, 0) is 14.4 Å². The van der Waals surface area contributed by atoms with E-state index in [2.05, 4.69) is 4.84 Å². The highest BCUT2D eigenvalue weighted by Gasteiger charge is 2.19. The molecule has 62 valence electrons. The lowest BCUT2D eigenvalue weighted by Gasteiger charge is -2.04. The minimum atomic E-state index is -0.375. The zero-order valence-corrected chi connectivity index (χ0v) is 6.24. The van der Waals surface area contributed by atoms with Gasteiger partial charge in [-0.05, 0) is 6.92 Å². The molecule has 1 rings (SSSR count). The zero-order chi connectivity index (χ0) is 8.27. The van der Waals surface area contributed by atoms with E-state index in [4.69, 9.17) is 10.6 Å². The lowest BCUT2D eigenvalue weighted by molar-refractivity contribution is -0.138. The van der Waals surface area contributed by atoms with Crippen LogP contribution >= 0.6 is 0 Å². The van der Waals surface area contributed by atoms with E-state index >= 15 is 0 Å². The highest BCUT2D eigenvalue weighted by atomic mass is 16.7. The second-order valence-corrected chi connectivity index (χ2v) is 2.04. The fourth-order valence-corrected chi connectivity index (χ4v) is 0.710. The molecular formula is C6H10N2O3. The van der Waals surface area contributed by atoms with Crippen molar-refractivity contribution in [2.24, 2.45) is 5.84 Å². The van der Waals surface area contributed by atoms with E-state index in [1.165, 1.54) is 6.26 Å². The maximum Gasteiger partial charge on any atom is 0.338 e. The van der Waals surface area contributed by atoms with Crippen LogP contribution in [0.5, 0.6) is 0 Å². The van der Waals surface area contributed by atoms with Crippen LogP contribution < -0.4 is 5.84 Å². The van der Waals surface area contributed by atoms with Gasteiger partial charge in [-0.15, -0.1) is 0 Å². The third kappa shape index (κ3) is 1.92. The lowest BCUT2D eigenvalue weighted by Crippen LogP contribution is -2.28. The van der Waals surface area contributed by atoms with Crippen molar-refractivity contribution in [2.75, 3.05) is 13.2 Å². The molecule has 0 spiro atoms. The van der Waals surface area contributed by atoms with Crippen molar-refractivity contribution in [1.29, 1.82) is 0 Å². The zero-order valence-electron chi connectivity index (χ0n) is 6.24. The molecule has 0 radical (unpaired) electrons. The van der Waals surface area contributed by atoms with Gasteiger partial charge in [-0.1, -0.05) is 5.17 Å². The van der Waals surface area contributed by atoms with Crippen molar-refractivity contribution in [1.82, 2.24) is 5.17 Å². The summed E-state index contributed by atoms with van der Waals surface area (Å²) in [7, 11) is 0. The van der Waals surface area contributed by atoms with Gasteiger partial charge >= 0.3 is 5.97 Å². The minimum Gasteiger partial charge on any atom is -0.463 e. The predicted octanol–water partition coefficient (Wildman–Crippen LogP) is -0.446. The van der Waals surface area contributed by atoms with Crippen LogP contribution in [0.2, 0.25) is 0 Å². The molecule has 0 aromatic rings. The van der Waals surface area contributed by atoms with Crippen LogP contribution in [0, 0.1) is 0 Å². The molecule has 0 bridgehead atoms. The molecule has 0 amide bonds. The van der Waals surface area contributed by atoms with Crippen molar-refractivity contribution in [3.63, 3.8) is 0 Å². The van der Waals surface area contributed by atoms with Gasteiger partial charge in [-0.25, -0.2) is 10.6 Å². The number of rotatable bonds is 2. The molecule has 0 aromatic carbocycles. The van der Waals surface area contributed by atoms with Crippen LogP contribution in [-0.4, -0.2) is 24.3 Å². The molecule has 0 unspecified atom stereocenters. The van der Waals surface area contributed by atoms with Gasteiger partial charge in [0.05, 0.1) is 18.7 Å². The van der Waals surface area contributed by atoms with Gasteiger partial charge < -0.3 is 9.57 Å². The summed E-state index contributed by atoms with van der Waals surface area (Å²) in [5.41, 5.74) is 0.439. The fraction of sp³-hybridized carbons (Fsp3) is 0.500. The molecule has 0 saturated heterocycles. The van der Waals surface area contributed by atoms with Gasteiger partial charge in [0, 0.05) is 0 Å². The SMILES string of the molecule is CCOC(=O)C1=CON(N)C1. The monoisotopic (exact) mass is 158 g/mol. The number of hydroxylamine groups is 1. The first-order valence-corrected chi connectivity index (χ1v) is 3.29.